The Morgan fingerprint density at radius 2 is 1.41 bits per heavy atom. The molecule has 0 saturated carbocycles. The van der Waals surface area contributed by atoms with E-state index in [1.807, 2.05) is 0 Å². The van der Waals surface area contributed by atoms with Gasteiger partial charge in [0.2, 0.25) is 17.7 Å². The fourth-order valence-electron chi connectivity index (χ4n) is 2.68. The molecule has 0 aromatic heterocycles. The Bertz CT molecular complexity index is 679. The topological polar surface area (TPSA) is 235 Å². The molecule has 4 unspecified atom stereocenters. The molecule has 0 aliphatic rings. The maximum atomic E-state index is 12.8. The van der Waals surface area contributed by atoms with Crippen molar-refractivity contribution in [2.45, 2.75) is 64.7 Å². The van der Waals surface area contributed by atoms with Crippen molar-refractivity contribution in [3.8, 4) is 0 Å². The average Bonchev–Trinajstić information content (AvgIpc) is 2.69. The van der Waals surface area contributed by atoms with E-state index in [1.165, 1.54) is 0 Å². The molecule has 0 spiro atoms. The van der Waals surface area contributed by atoms with Gasteiger partial charge < -0.3 is 43.4 Å². The van der Waals surface area contributed by atoms with E-state index in [4.69, 9.17) is 22.3 Å². The van der Waals surface area contributed by atoms with Gasteiger partial charge in [0.15, 0.2) is 5.96 Å². The van der Waals surface area contributed by atoms with Crippen LogP contribution in [0.2, 0.25) is 0 Å². The fraction of sp³-hybridized carbons (Fsp3) is 0.737. The summed E-state index contributed by atoms with van der Waals surface area (Å²) in [6.07, 6.45) is 0.442. The third kappa shape index (κ3) is 10.4. The van der Waals surface area contributed by atoms with Crippen molar-refractivity contribution in [1.82, 2.24) is 16.0 Å². The number of hydrogen-bond acceptors (Lipinski definition) is 7. The summed E-state index contributed by atoms with van der Waals surface area (Å²) in [6.45, 7) is 6.24. The molecular formula is C19H37N7O6. The third-order valence-corrected chi connectivity index (χ3v) is 4.59. The molecule has 13 heteroatoms. The summed E-state index contributed by atoms with van der Waals surface area (Å²) in [4.78, 5) is 52.9. The molecule has 13 nitrogen and oxygen atoms in total. The Labute approximate surface area is 187 Å². The molecule has 4 atom stereocenters. The molecule has 0 heterocycles. The molecule has 0 aliphatic carbocycles. The second kappa shape index (κ2) is 14.2. The lowest BCUT2D eigenvalue weighted by molar-refractivity contribution is -0.143. The van der Waals surface area contributed by atoms with Crippen LogP contribution in [0, 0.1) is 11.8 Å². The molecule has 11 N–H and O–H groups in total. The molecule has 0 radical (unpaired) electrons. The third-order valence-electron chi connectivity index (χ3n) is 4.59. The molecule has 32 heavy (non-hydrogen) atoms. The van der Waals surface area contributed by atoms with E-state index in [0.29, 0.717) is 6.42 Å². The summed E-state index contributed by atoms with van der Waals surface area (Å²) in [5.74, 6) is -4.15. The number of rotatable bonds is 14. The number of carboxylic acid groups (broad SMARTS) is 1. The highest BCUT2D eigenvalue weighted by Gasteiger charge is 2.32. The van der Waals surface area contributed by atoms with Crippen LogP contribution in [0.25, 0.3) is 0 Å². The van der Waals surface area contributed by atoms with E-state index < -0.39 is 60.4 Å². The lowest BCUT2D eigenvalue weighted by atomic mass is 10.0. The van der Waals surface area contributed by atoms with Crippen molar-refractivity contribution in [2.75, 3.05) is 13.2 Å². The lowest BCUT2D eigenvalue weighted by Crippen LogP contribution is -2.59. The number of aliphatic carboxylic acids is 1. The van der Waals surface area contributed by atoms with Gasteiger partial charge in [0.05, 0.1) is 6.61 Å². The number of aliphatic hydroxyl groups excluding tert-OH is 1. The molecule has 3 amide bonds. The molecule has 0 fully saturated rings. The summed E-state index contributed by atoms with van der Waals surface area (Å²) >= 11 is 0. The van der Waals surface area contributed by atoms with Crippen molar-refractivity contribution in [3.05, 3.63) is 0 Å². The maximum Gasteiger partial charge on any atom is 0.326 e. The number of carbonyl (C=O) groups is 4. The van der Waals surface area contributed by atoms with E-state index in [0.717, 1.165) is 0 Å². The zero-order valence-electron chi connectivity index (χ0n) is 19.0. The van der Waals surface area contributed by atoms with Gasteiger partial charge in [-0.15, -0.1) is 0 Å². The molecule has 0 aromatic carbocycles. The standard InChI is InChI=1S/C19H37N7O6/c1-9(2)13(25-15(28)11(20)8-27)17(30)24-12(6-5-7-23-19(21)22)16(29)26-14(10(3)4)18(31)32/h9-14,27H,5-8,20H2,1-4H3,(H,24,30)(H,25,28)(H,26,29)(H,31,32)(H4,21,22,23). The molecular weight excluding hydrogens is 422 g/mol. The van der Waals surface area contributed by atoms with Gasteiger partial charge in [0.1, 0.15) is 24.2 Å². The Kier molecular flexibility index (Phi) is 12.9. The second-order valence-corrected chi connectivity index (χ2v) is 8.10. The molecule has 0 aliphatic heterocycles. The molecule has 0 saturated heterocycles. The number of nitrogens with two attached hydrogens (primary N) is 3. The van der Waals surface area contributed by atoms with Crippen LogP contribution in [0.1, 0.15) is 40.5 Å². The van der Waals surface area contributed by atoms with Gasteiger partial charge in [-0.25, -0.2) is 4.79 Å². The SMILES string of the molecule is CC(C)C(NC(=O)C(CCCN=C(N)N)NC(=O)C(NC(=O)C(N)CO)C(C)C)C(=O)O. The Hall–Kier alpha value is -2.93. The van der Waals surface area contributed by atoms with Crippen LogP contribution in [-0.2, 0) is 19.2 Å². The minimum absolute atomic E-state index is 0.119. The molecule has 0 bridgehead atoms. The zero-order chi connectivity index (χ0) is 25.0. The van der Waals surface area contributed by atoms with Gasteiger partial charge >= 0.3 is 5.97 Å². The van der Waals surface area contributed by atoms with Crippen molar-refractivity contribution in [2.24, 2.45) is 34.0 Å². The first-order valence-electron chi connectivity index (χ1n) is 10.4. The summed E-state index contributed by atoms with van der Waals surface area (Å²) < 4.78 is 0. The molecule has 0 rings (SSSR count). The van der Waals surface area contributed by atoms with Gasteiger partial charge in [-0.3, -0.25) is 19.4 Å². The summed E-state index contributed by atoms with van der Waals surface area (Å²) in [5, 5.41) is 25.8. The Balaban J connectivity index is 5.51. The van der Waals surface area contributed by atoms with Crippen molar-refractivity contribution in [1.29, 1.82) is 0 Å². The first-order chi connectivity index (χ1) is 14.8. The van der Waals surface area contributed by atoms with Gasteiger partial charge in [0, 0.05) is 6.54 Å². The van der Waals surface area contributed by atoms with Gasteiger partial charge in [-0.05, 0) is 24.7 Å². The highest BCUT2D eigenvalue weighted by Crippen LogP contribution is 2.08. The Morgan fingerprint density at radius 1 is 0.875 bits per heavy atom. The van der Waals surface area contributed by atoms with Gasteiger partial charge in [-0.1, -0.05) is 27.7 Å². The number of guanidine groups is 1. The number of aliphatic hydroxyl groups is 1. The van der Waals surface area contributed by atoms with Gasteiger partial charge in [-0.2, -0.15) is 0 Å². The normalized spacial score (nSPS) is 14.8. The minimum atomic E-state index is -1.20. The van der Waals surface area contributed by atoms with E-state index in [9.17, 15) is 24.3 Å². The Morgan fingerprint density at radius 3 is 1.84 bits per heavy atom. The van der Waals surface area contributed by atoms with Gasteiger partial charge in [0.25, 0.3) is 0 Å². The van der Waals surface area contributed by atoms with Crippen LogP contribution >= 0.6 is 0 Å². The smallest absolute Gasteiger partial charge is 0.326 e. The highest BCUT2D eigenvalue weighted by atomic mass is 16.4. The first-order valence-corrected chi connectivity index (χ1v) is 10.4. The molecule has 0 aromatic rings. The van der Waals surface area contributed by atoms with E-state index >= 15 is 0 Å². The van der Waals surface area contributed by atoms with Crippen LogP contribution < -0.4 is 33.2 Å². The van der Waals surface area contributed by atoms with E-state index in [2.05, 4.69) is 20.9 Å². The number of nitrogens with zero attached hydrogens (tertiary/aromatic N) is 1. The number of aliphatic imine (C=N–C) groups is 1. The highest BCUT2D eigenvalue weighted by molar-refractivity contribution is 5.94. The first kappa shape index (κ1) is 29.1. The van der Waals surface area contributed by atoms with Crippen LogP contribution in [0.4, 0.5) is 0 Å². The minimum Gasteiger partial charge on any atom is -0.480 e. The number of carboxylic acids is 1. The van der Waals surface area contributed by atoms with Crippen LogP contribution in [0.5, 0.6) is 0 Å². The predicted molar refractivity (Wildman–Crippen MR) is 118 cm³/mol. The zero-order valence-corrected chi connectivity index (χ0v) is 19.0. The monoisotopic (exact) mass is 459 g/mol. The van der Waals surface area contributed by atoms with Crippen LogP contribution in [0.15, 0.2) is 4.99 Å². The van der Waals surface area contributed by atoms with Crippen LogP contribution in [-0.4, -0.2) is 77.2 Å². The summed E-state index contributed by atoms with van der Waals surface area (Å²) in [6, 6.07) is -4.48. The van der Waals surface area contributed by atoms with Crippen LogP contribution in [0.3, 0.4) is 0 Å². The van der Waals surface area contributed by atoms with E-state index in [-0.39, 0.29) is 24.8 Å². The second-order valence-electron chi connectivity index (χ2n) is 8.10. The van der Waals surface area contributed by atoms with E-state index in [1.54, 1.807) is 27.7 Å². The predicted octanol–water partition coefficient (Wildman–Crippen LogP) is -2.79. The molecule has 184 valence electrons. The number of carbonyl (C=O) groups excluding carboxylic acids is 3. The number of nitrogens with one attached hydrogen (secondary N) is 3. The largest absolute Gasteiger partial charge is 0.480 e. The van der Waals surface area contributed by atoms with Crippen molar-refractivity contribution >= 4 is 29.7 Å². The quantitative estimate of drug-likeness (QED) is 0.0760. The number of amides is 3. The van der Waals surface area contributed by atoms with Crippen molar-refractivity contribution in [3.63, 3.8) is 0 Å². The summed E-state index contributed by atoms with van der Waals surface area (Å²) in [5.41, 5.74) is 16.1. The fourth-order valence-corrected chi connectivity index (χ4v) is 2.68. The average molecular weight is 460 g/mol. The maximum absolute atomic E-state index is 12.8. The summed E-state index contributed by atoms with van der Waals surface area (Å²) in [7, 11) is 0. The number of hydrogen-bond donors (Lipinski definition) is 8. The lowest BCUT2D eigenvalue weighted by Gasteiger charge is -2.27. The van der Waals surface area contributed by atoms with Crippen molar-refractivity contribution < 1.29 is 29.4 Å².